The third kappa shape index (κ3) is 3.71. The zero-order valence-electron chi connectivity index (χ0n) is 17.5. The number of nitro benzene ring substituents is 1. The first kappa shape index (κ1) is 20.2. The molecule has 0 aromatic heterocycles. The third-order valence-corrected chi connectivity index (χ3v) is 6.62. The maximum Gasteiger partial charge on any atom is 0.338 e. The highest BCUT2D eigenvalue weighted by Crippen LogP contribution is 2.54. The summed E-state index contributed by atoms with van der Waals surface area (Å²) in [6.45, 7) is 0. The first-order valence-corrected chi connectivity index (χ1v) is 10.9. The molecular formula is C27H23NO4. The van der Waals surface area contributed by atoms with E-state index in [1.165, 1.54) is 46.5 Å². The molecule has 3 aromatic rings. The second-order valence-electron chi connectivity index (χ2n) is 8.43. The van der Waals surface area contributed by atoms with Crippen molar-refractivity contribution >= 4 is 17.2 Å². The highest BCUT2D eigenvalue weighted by molar-refractivity contribution is 5.90. The minimum atomic E-state index is -0.475. The first-order chi connectivity index (χ1) is 15.6. The second-order valence-corrected chi connectivity index (χ2v) is 8.43. The molecule has 3 aromatic carbocycles. The monoisotopic (exact) mass is 425 g/mol. The van der Waals surface area contributed by atoms with Gasteiger partial charge >= 0.3 is 5.97 Å². The van der Waals surface area contributed by atoms with Gasteiger partial charge in [0.05, 0.1) is 10.5 Å². The van der Waals surface area contributed by atoms with E-state index in [4.69, 9.17) is 4.74 Å². The highest BCUT2D eigenvalue weighted by Gasteiger charge is 2.47. The molecule has 2 aliphatic rings. The van der Waals surface area contributed by atoms with Crippen molar-refractivity contribution in [3.8, 4) is 0 Å². The van der Waals surface area contributed by atoms with Gasteiger partial charge in [0, 0.05) is 18.1 Å². The number of non-ortho nitro benzene ring substituents is 1. The van der Waals surface area contributed by atoms with Gasteiger partial charge in [0.1, 0.15) is 6.10 Å². The normalized spacial score (nSPS) is 21.4. The SMILES string of the molecule is O=C(O[C@@H]1C[C@@H]2CC[C@H]1C2=C(c1ccccc1)c1ccccc1)c1ccc([N+](=O)[O-])cc1. The van der Waals surface area contributed by atoms with E-state index in [2.05, 4.69) is 48.5 Å². The summed E-state index contributed by atoms with van der Waals surface area (Å²) < 4.78 is 5.94. The molecule has 3 atom stereocenters. The van der Waals surface area contributed by atoms with Gasteiger partial charge in [-0.3, -0.25) is 10.1 Å². The number of carbonyl (C=O) groups excluding carboxylic acids is 1. The van der Waals surface area contributed by atoms with Gasteiger partial charge in [-0.2, -0.15) is 0 Å². The molecule has 2 saturated carbocycles. The molecule has 2 fully saturated rings. The zero-order valence-corrected chi connectivity index (χ0v) is 17.5. The molecule has 2 aliphatic carbocycles. The molecule has 2 bridgehead atoms. The van der Waals surface area contributed by atoms with E-state index >= 15 is 0 Å². The first-order valence-electron chi connectivity index (χ1n) is 10.9. The van der Waals surface area contributed by atoms with E-state index in [9.17, 15) is 14.9 Å². The van der Waals surface area contributed by atoms with E-state index in [1.54, 1.807) is 0 Å². The van der Waals surface area contributed by atoms with Crippen LogP contribution in [0.5, 0.6) is 0 Å². The Bertz CT molecular complexity index is 1130. The van der Waals surface area contributed by atoms with Crippen LogP contribution in [0.25, 0.3) is 5.57 Å². The van der Waals surface area contributed by atoms with Crippen molar-refractivity contribution in [2.45, 2.75) is 25.4 Å². The molecule has 0 heterocycles. The van der Waals surface area contributed by atoms with Crippen LogP contribution in [0.15, 0.2) is 90.5 Å². The number of hydrogen-bond donors (Lipinski definition) is 0. The number of benzene rings is 3. The van der Waals surface area contributed by atoms with Crippen LogP contribution < -0.4 is 0 Å². The lowest BCUT2D eigenvalue weighted by atomic mass is 9.88. The maximum atomic E-state index is 12.8. The Morgan fingerprint density at radius 1 is 0.812 bits per heavy atom. The van der Waals surface area contributed by atoms with E-state index in [1.807, 2.05) is 12.1 Å². The average molecular weight is 425 g/mol. The summed E-state index contributed by atoms with van der Waals surface area (Å²) in [5, 5.41) is 10.9. The van der Waals surface area contributed by atoms with Crippen LogP contribution in [0, 0.1) is 22.0 Å². The summed E-state index contributed by atoms with van der Waals surface area (Å²) in [5.41, 5.74) is 5.33. The van der Waals surface area contributed by atoms with Gasteiger partial charge < -0.3 is 4.74 Å². The minimum Gasteiger partial charge on any atom is -0.458 e. The smallest absolute Gasteiger partial charge is 0.338 e. The molecule has 5 nitrogen and oxygen atoms in total. The van der Waals surface area contributed by atoms with E-state index in [-0.39, 0.29) is 17.7 Å². The Morgan fingerprint density at radius 2 is 1.41 bits per heavy atom. The molecule has 5 heteroatoms. The van der Waals surface area contributed by atoms with Crippen LogP contribution in [0.2, 0.25) is 0 Å². The molecule has 32 heavy (non-hydrogen) atoms. The van der Waals surface area contributed by atoms with Crippen LogP contribution in [0.3, 0.4) is 0 Å². The third-order valence-electron chi connectivity index (χ3n) is 6.62. The summed E-state index contributed by atoms with van der Waals surface area (Å²) in [7, 11) is 0. The van der Waals surface area contributed by atoms with Crippen molar-refractivity contribution in [2.24, 2.45) is 11.8 Å². The Hall–Kier alpha value is -3.73. The zero-order chi connectivity index (χ0) is 22.1. The number of esters is 1. The molecule has 5 rings (SSSR count). The van der Waals surface area contributed by atoms with Crippen LogP contribution in [-0.2, 0) is 4.74 Å². The molecule has 160 valence electrons. The fraction of sp³-hybridized carbons (Fsp3) is 0.222. The Morgan fingerprint density at radius 3 is 1.97 bits per heavy atom. The fourth-order valence-electron chi connectivity index (χ4n) is 5.22. The minimum absolute atomic E-state index is 0.0398. The maximum absolute atomic E-state index is 12.8. The second kappa shape index (κ2) is 8.42. The van der Waals surface area contributed by atoms with E-state index < -0.39 is 10.9 Å². The Kier molecular flexibility index (Phi) is 5.31. The molecule has 0 unspecified atom stereocenters. The average Bonchev–Trinajstić information content (AvgIpc) is 3.38. The standard InChI is InChI=1S/C27H23NO4/c29-27(20-11-14-22(15-12-20)28(30)31)32-24-17-21-13-16-23(24)26(21)25(18-7-3-1-4-8-18)19-9-5-2-6-10-19/h1-12,14-15,21,23-24H,13,16-17H2/t21-,23+,24+/m0/s1. The van der Waals surface area contributed by atoms with Gasteiger partial charge in [-0.15, -0.1) is 0 Å². The lowest BCUT2D eigenvalue weighted by Crippen LogP contribution is -2.24. The largest absolute Gasteiger partial charge is 0.458 e. The lowest BCUT2D eigenvalue weighted by Gasteiger charge is -2.22. The predicted molar refractivity (Wildman–Crippen MR) is 122 cm³/mol. The van der Waals surface area contributed by atoms with Crippen molar-refractivity contribution in [1.29, 1.82) is 0 Å². The van der Waals surface area contributed by atoms with Crippen molar-refractivity contribution < 1.29 is 14.5 Å². The Balaban J connectivity index is 1.46. The van der Waals surface area contributed by atoms with Crippen molar-refractivity contribution in [2.75, 3.05) is 0 Å². The molecule has 0 radical (unpaired) electrons. The van der Waals surface area contributed by atoms with Crippen molar-refractivity contribution in [3.63, 3.8) is 0 Å². The summed E-state index contributed by atoms with van der Waals surface area (Å²) in [6, 6.07) is 26.5. The number of nitro groups is 1. The summed E-state index contributed by atoms with van der Waals surface area (Å²) in [5.74, 6) is 0.167. The van der Waals surface area contributed by atoms with Gasteiger partial charge in [-0.25, -0.2) is 4.79 Å². The molecular weight excluding hydrogens is 402 g/mol. The number of carbonyl (C=O) groups is 1. The molecule has 0 amide bonds. The lowest BCUT2D eigenvalue weighted by molar-refractivity contribution is -0.384. The fourth-order valence-corrected chi connectivity index (χ4v) is 5.22. The van der Waals surface area contributed by atoms with Gasteiger partial charge in [0.2, 0.25) is 0 Å². The summed E-state index contributed by atoms with van der Waals surface area (Å²) in [4.78, 5) is 23.2. The Labute approximate surface area is 186 Å². The molecule has 0 saturated heterocycles. The van der Waals surface area contributed by atoms with E-state index in [0.717, 1.165) is 19.3 Å². The number of rotatable bonds is 5. The van der Waals surface area contributed by atoms with Crippen LogP contribution in [0.1, 0.15) is 40.7 Å². The molecule has 0 spiro atoms. The highest BCUT2D eigenvalue weighted by atomic mass is 16.6. The van der Waals surface area contributed by atoms with Gasteiger partial charge in [0.25, 0.3) is 5.69 Å². The predicted octanol–water partition coefficient (Wildman–Crippen LogP) is 6.05. The number of nitrogens with zero attached hydrogens (tertiary/aromatic N) is 1. The quantitative estimate of drug-likeness (QED) is 0.283. The van der Waals surface area contributed by atoms with Gasteiger partial charge in [-0.05, 0) is 54.0 Å². The van der Waals surface area contributed by atoms with Crippen molar-refractivity contribution in [3.05, 3.63) is 117 Å². The van der Waals surface area contributed by atoms with Crippen LogP contribution in [-0.4, -0.2) is 17.0 Å². The van der Waals surface area contributed by atoms with E-state index in [0.29, 0.717) is 11.5 Å². The van der Waals surface area contributed by atoms with Crippen LogP contribution in [0.4, 0.5) is 5.69 Å². The molecule has 0 N–H and O–H groups in total. The van der Waals surface area contributed by atoms with Crippen LogP contribution >= 0.6 is 0 Å². The number of hydrogen-bond acceptors (Lipinski definition) is 4. The summed E-state index contributed by atoms with van der Waals surface area (Å²) >= 11 is 0. The number of ether oxygens (including phenoxy) is 1. The van der Waals surface area contributed by atoms with Crippen molar-refractivity contribution in [1.82, 2.24) is 0 Å². The van der Waals surface area contributed by atoms with Gasteiger partial charge in [-0.1, -0.05) is 66.2 Å². The number of fused-ring (bicyclic) bond motifs is 2. The molecule has 0 aliphatic heterocycles. The van der Waals surface area contributed by atoms with Gasteiger partial charge in [0.15, 0.2) is 0 Å². The topological polar surface area (TPSA) is 69.4 Å². The summed E-state index contributed by atoms with van der Waals surface area (Å²) in [6.07, 6.45) is 2.76.